The number of aryl methyl sites for hydroxylation is 1. The van der Waals surface area contributed by atoms with Gasteiger partial charge in [-0.2, -0.15) is 5.26 Å². The largest absolute Gasteiger partial charge is 0.492 e. The molecule has 0 unspecified atom stereocenters. The van der Waals surface area contributed by atoms with E-state index in [-0.39, 0.29) is 0 Å². The minimum atomic E-state index is -0.428. The van der Waals surface area contributed by atoms with Gasteiger partial charge in [0, 0.05) is 0 Å². The van der Waals surface area contributed by atoms with Gasteiger partial charge in [0.15, 0.2) is 0 Å². The fourth-order valence-corrected chi connectivity index (χ4v) is 1.15. The second-order valence-electron chi connectivity index (χ2n) is 4.29. The fraction of sp³-hybridized carbons (Fsp3) is 0.462. The minimum absolute atomic E-state index is 0.427. The molecule has 0 spiro atoms. The van der Waals surface area contributed by atoms with Gasteiger partial charge >= 0.3 is 0 Å². The molecule has 1 rings (SSSR count). The van der Waals surface area contributed by atoms with E-state index in [1.807, 2.05) is 32.0 Å². The molecule has 15 heavy (non-hydrogen) atoms. The van der Waals surface area contributed by atoms with Crippen molar-refractivity contribution in [3.05, 3.63) is 29.8 Å². The van der Waals surface area contributed by atoms with Crippen molar-refractivity contribution in [1.29, 1.82) is 5.26 Å². The number of hydrogen-bond donors (Lipinski definition) is 0. The quantitative estimate of drug-likeness (QED) is 0.753. The van der Waals surface area contributed by atoms with Gasteiger partial charge in [-0.1, -0.05) is 19.1 Å². The van der Waals surface area contributed by atoms with Crippen LogP contribution in [0.5, 0.6) is 5.75 Å². The molecular weight excluding hydrogens is 186 g/mol. The van der Waals surface area contributed by atoms with Crippen LogP contribution in [0.15, 0.2) is 24.3 Å². The van der Waals surface area contributed by atoms with Gasteiger partial charge in [0.2, 0.25) is 0 Å². The summed E-state index contributed by atoms with van der Waals surface area (Å²) in [4.78, 5) is 0. The Labute approximate surface area is 91.5 Å². The highest BCUT2D eigenvalue weighted by Crippen LogP contribution is 2.18. The summed E-state index contributed by atoms with van der Waals surface area (Å²) < 4.78 is 5.58. The first kappa shape index (κ1) is 11.6. The van der Waals surface area contributed by atoms with E-state index in [0.29, 0.717) is 6.61 Å². The molecule has 0 aliphatic heterocycles. The van der Waals surface area contributed by atoms with Gasteiger partial charge in [-0.05, 0) is 38.0 Å². The van der Waals surface area contributed by atoms with Crippen LogP contribution in [0.3, 0.4) is 0 Å². The van der Waals surface area contributed by atoms with Crippen molar-refractivity contribution in [2.45, 2.75) is 27.2 Å². The Morgan fingerprint density at radius 3 is 2.73 bits per heavy atom. The van der Waals surface area contributed by atoms with Crippen molar-refractivity contribution in [3.63, 3.8) is 0 Å². The van der Waals surface area contributed by atoms with E-state index in [0.717, 1.165) is 12.2 Å². The predicted molar refractivity (Wildman–Crippen MR) is 60.7 cm³/mol. The van der Waals surface area contributed by atoms with Gasteiger partial charge in [-0.25, -0.2) is 0 Å². The lowest BCUT2D eigenvalue weighted by Crippen LogP contribution is -2.18. The number of rotatable bonds is 4. The SMILES string of the molecule is CCc1cccc(OCC(C)(C)C#N)c1. The molecule has 0 aliphatic rings. The van der Waals surface area contributed by atoms with E-state index in [9.17, 15) is 0 Å². The lowest BCUT2D eigenvalue weighted by molar-refractivity contribution is 0.227. The standard InChI is InChI=1S/C13H17NO/c1-4-11-6-5-7-12(8-11)15-10-13(2,3)9-14/h5-8H,4,10H2,1-3H3. The molecule has 0 atom stereocenters. The van der Waals surface area contributed by atoms with Crippen LogP contribution in [0.4, 0.5) is 0 Å². The number of ether oxygens (including phenoxy) is 1. The average Bonchev–Trinajstić information content (AvgIpc) is 2.27. The molecule has 0 amide bonds. The summed E-state index contributed by atoms with van der Waals surface area (Å²) in [6.45, 7) is 6.28. The van der Waals surface area contributed by atoms with E-state index >= 15 is 0 Å². The average molecular weight is 203 g/mol. The minimum Gasteiger partial charge on any atom is -0.492 e. The van der Waals surface area contributed by atoms with Gasteiger partial charge in [-0.3, -0.25) is 0 Å². The summed E-state index contributed by atoms with van der Waals surface area (Å²) in [5, 5.41) is 8.84. The molecule has 0 N–H and O–H groups in total. The van der Waals surface area contributed by atoms with Crippen molar-refractivity contribution in [1.82, 2.24) is 0 Å². The summed E-state index contributed by atoms with van der Waals surface area (Å²) in [6, 6.07) is 10.2. The molecule has 1 aromatic carbocycles. The number of nitriles is 1. The smallest absolute Gasteiger partial charge is 0.119 e. The highest BCUT2D eigenvalue weighted by Gasteiger charge is 2.17. The van der Waals surface area contributed by atoms with E-state index in [2.05, 4.69) is 19.1 Å². The Hall–Kier alpha value is -1.49. The second-order valence-corrected chi connectivity index (χ2v) is 4.29. The van der Waals surface area contributed by atoms with Crippen LogP contribution in [-0.4, -0.2) is 6.61 Å². The molecule has 0 saturated heterocycles. The maximum Gasteiger partial charge on any atom is 0.119 e. The van der Waals surface area contributed by atoms with E-state index in [4.69, 9.17) is 10.00 Å². The molecular formula is C13H17NO. The zero-order valence-corrected chi connectivity index (χ0v) is 9.58. The van der Waals surface area contributed by atoms with Gasteiger partial charge in [-0.15, -0.1) is 0 Å². The van der Waals surface area contributed by atoms with Gasteiger partial charge in [0.05, 0.1) is 11.5 Å². The molecule has 80 valence electrons. The van der Waals surface area contributed by atoms with Crippen molar-refractivity contribution in [2.75, 3.05) is 6.61 Å². The zero-order chi connectivity index (χ0) is 11.3. The molecule has 0 aliphatic carbocycles. The third kappa shape index (κ3) is 3.63. The Balaban J connectivity index is 2.62. The predicted octanol–water partition coefficient (Wildman–Crippen LogP) is 3.18. The Morgan fingerprint density at radius 2 is 2.13 bits per heavy atom. The number of benzene rings is 1. The van der Waals surface area contributed by atoms with Gasteiger partial charge in [0.25, 0.3) is 0 Å². The third-order valence-electron chi connectivity index (χ3n) is 2.21. The first-order valence-corrected chi connectivity index (χ1v) is 5.20. The summed E-state index contributed by atoms with van der Waals surface area (Å²) in [7, 11) is 0. The summed E-state index contributed by atoms with van der Waals surface area (Å²) >= 11 is 0. The molecule has 0 bridgehead atoms. The van der Waals surface area contributed by atoms with Crippen molar-refractivity contribution in [2.24, 2.45) is 5.41 Å². The molecule has 2 heteroatoms. The summed E-state index contributed by atoms with van der Waals surface area (Å²) in [5.41, 5.74) is 0.824. The Morgan fingerprint density at radius 1 is 1.40 bits per heavy atom. The molecule has 2 nitrogen and oxygen atoms in total. The highest BCUT2D eigenvalue weighted by atomic mass is 16.5. The zero-order valence-electron chi connectivity index (χ0n) is 9.58. The van der Waals surface area contributed by atoms with E-state index in [1.54, 1.807) is 0 Å². The lowest BCUT2D eigenvalue weighted by Gasteiger charge is -2.16. The van der Waals surface area contributed by atoms with Crippen molar-refractivity contribution < 1.29 is 4.74 Å². The fourth-order valence-electron chi connectivity index (χ4n) is 1.15. The maximum atomic E-state index is 8.84. The Bertz CT molecular complexity index is 363. The highest BCUT2D eigenvalue weighted by molar-refractivity contribution is 5.28. The molecule has 0 radical (unpaired) electrons. The maximum absolute atomic E-state index is 8.84. The first-order valence-electron chi connectivity index (χ1n) is 5.20. The van der Waals surface area contributed by atoms with Crippen LogP contribution in [0.25, 0.3) is 0 Å². The van der Waals surface area contributed by atoms with Gasteiger partial charge in [0.1, 0.15) is 12.4 Å². The monoisotopic (exact) mass is 203 g/mol. The van der Waals surface area contributed by atoms with E-state index in [1.165, 1.54) is 5.56 Å². The van der Waals surface area contributed by atoms with E-state index < -0.39 is 5.41 Å². The van der Waals surface area contributed by atoms with Crippen LogP contribution >= 0.6 is 0 Å². The number of nitrogens with zero attached hydrogens (tertiary/aromatic N) is 1. The van der Waals surface area contributed by atoms with Crippen molar-refractivity contribution in [3.8, 4) is 11.8 Å². The van der Waals surface area contributed by atoms with Gasteiger partial charge < -0.3 is 4.74 Å². The Kier molecular flexibility index (Phi) is 3.74. The first-order chi connectivity index (χ1) is 7.07. The normalized spacial score (nSPS) is 10.8. The molecule has 0 heterocycles. The van der Waals surface area contributed by atoms with Crippen LogP contribution in [0.2, 0.25) is 0 Å². The molecule has 1 aromatic rings. The topological polar surface area (TPSA) is 33.0 Å². The lowest BCUT2D eigenvalue weighted by atomic mass is 9.98. The van der Waals surface area contributed by atoms with Crippen LogP contribution in [-0.2, 0) is 6.42 Å². The molecule has 0 fully saturated rings. The van der Waals surface area contributed by atoms with Crippen LogP contribution in [0, 0.1) is 16.7 Å². The van der Waals surface area contributed by atoms with Crippen molar-refractivity contribution >= 4 is 0 Å². The second kappa shape index (κ2) is 4.84. The van der Waals surface area contributed by atoms with Crippen LogP contribution < -0.4 is 4.74 Å². The summed E-state index contributed by atoms with van der Waals surface area (Å²) in [5.74, 6) is 0.845. The summed E-state index contributed by atoms with van der Waals surface area (Å²) in [6.07, 6.45) is 0.999. The van der Waals surface area contributed by atoms with Crippen LogP contribution in [0.1, 0.15) is 26.3 Å². The number of hydrogen-bond acceptors (Lipinski definition) is 2. The third-order valence-corrected chi connectivity index (χ3v) is 2.21. The molecule has 0 aromatic heterocycles. The molecule has 0 saturated carbocycles.